The van der Waals surface area contributed by atoms with Gasteiger partial charge in [0.05, 0.1) is 12.2 Å². The number of hydrogen-bond donors (Lipinski definition) is 3. The molecule has 0 atom stereocenters. The molecule has 354 valence electrons. The van der Waals surface area contributed by atoms with Gasteiger partial charge >= 0.3 is 11.9 Å². The van der Waals surface area contributed by atoms with Crippen molar-refractivity contribution in [1.29, 1.82) is 0 Å². The van der Waals surface area contributed by atoms with Gasteiger partial charge in [-0.2, -0.15) is 0 Å². The van der Waals surface area contributed by atoms with Gasteiger partial charge in [-0.05, 0) is 201 Å². The number of hydrogen-bond acceptors (Lipinski definition) is 7. The zero-order valence-corrected chi connectivity index (χ0v) is 40.3. The molecule has 4 aromatic rings. The first kappa shape index (κ1) is 50.0. The summed E-state index contributed by atoms with van der Waals surface area (Å²) in [5.74, 6) is 2.97. The number of nitrogens with one attached hydrogen (secondary N) is 1. The third-order valence-corrected chi connectivity index (χ3v) is 14.8. The second-order valence-corrected chi connectivity index (χ2v) is 21.8. The van der Waals surface area contributed by atoms with Crippen LogP contribution in [0.15, 0.2) is 72.8 Å². The average Bonchev–Trinajstić information content (AvgIpc) is 3.27. The maximum atomic E-state index is 10.9. The Bertz CT molecular complexity index is 2140. The van der Waals surface area contributed by atoms with Crippen molar-refractivity contribution in [2.45, 2.75) is 150 Å². The Kier molecular flexibility index (Phi) is 17.9. The number of piperidine rings is 2. The number of carbonyl (C=O) groups is 3. The zero-order valence-electron chi connectivity index (χ0n) is 40.3. The second-order valence-electron chi connectivity index (χ2n) is 21.8. The van der Waals surface area contributed by atoms with Gasteiger partial charge in [-0.3, -0.25) is 19.3 Å². The largest absolute Gasteiger partial charge is 0.490 e. The summed E-state index contributed by atoms with van der Waals surface area (Å²) < 4.78 is 12.6. The van der Waals surface area contributed by atoms with Gasteiger partial charge in [0.25, 0.3) is 0 Å². The predicted molar refractivity (Wildman–Crippen MR) is 263 cm³/mol. The monoisotopic (exact) mass is 891 g/mol. The Balaban J connectivity index is 0.000000184. The fraction of sp³-hybridized carbons (Fsp3) is 0.589. The fourth-order valence-electron chi connectivity index (χ4n) is 10.5. The maximum Gasteiger partial charge on any atom is 0.303 e. The molecule has 9 heteroatoms. The third kappa shape index (κ3) is 15.8. The number of benzene rings is 4. The molecule has 4 fully saturated rings. The lowest BCUT2D eigenvalue weighted by atomic mass is 9.72. The maximum absolute atomic E-state index is 10.9. The molecule has 2 saturated heterocycles. The third-order valence-electron chi connectivity index (χ3n) is 14.8. The van der Waals surface area contributed by atoms with Crippen LogP contribution >= 0.6 is 0 Å². The van der Waals surface area contributed by atoms with Crippen LogP contribution in [0.4, 0.5) is 0 Å². The Morgan fingerprint density at radius 2 is 1.02 bits per heavy atom. The first-order valence-electron chi connectivity index (χ1n) is 24.7. The van der Waals surface area contributed by atoms with Crippen LogP contribution in [-0.4, -0.2) is 71.7 Å². The predicted octanol–water partition coefficient (Wildman–Crippen LogP) is 12.6. The van der Waals surface area contributed by atoms with E-state index in [9.17, 15) is 14.4 Å². The first-order valence-corrected chi connectivity index (χ1v) is 24.7. The normalized spacial score (nSPS) is 22.5. The fourth-order valence-corrected chi connectivity index (χ4v) is 10.5. The van der Waals surface area contributed by atoms with Crippen LogP contribution in [-0.2, 0) is 16.1 Å². The molecule has 4 aromatic carbocycles. The molecule has 2 aliphatic carbocycles. The summed E-state index contributed by atoms with van der Waals surface area (Å²) in [6, 6.07) is 25.1. The number of nitrogens with zero attached hydrogens (tertiary/aromatic N) is 1. The number of carbonyl (C=O) groups excluding carboxylic acids is 1. The molecule has 4 aliphatic rings. The van der Waals surface area contributed by atoms with E-state index in [1.807, 2.05) is 30.3 Å². The van der Waals surface area contributed by atoms with Crippen molar-refractivity contribution in [2.75, 3.05) is 26.2 Å². The van der Waals surface area contributed by atoms with Crippen LogP contribution in [0.25, 0.3) is 21.5 Å². The Morgan fingerprint density at radius 3 is 1.48 bits per heavy atom. The first-order chi connectivity index (χ1) is 31.0. The zero-order chi connectivity index (χ0) is 46.6. The highest BCUT2D eigenvalue weighted by Gasteiger charge is 2.32. The molecule has 0 unspecified atom stereocenters. The molecule has 3 N–H and O–H groups in total. The van der Waals surface area contributed by atoms with Crippen LogP contribution in [0.1, 0.15) is 147 Å². The van der Waals surface area contributed by atoms with Gasteiger partial charge < -0.3 is 25.0 Å². The van der Waals surface area contributed by atoms with Crippen LogP contribution in [0.3, 0.4) is 0 Å². The number of rotatable bonds is 11. The van der Waals surface area contributed by atoms with Gasteiger partial charge in [-0.25, -0.2) is 0 Å². The molecule has 2 saturated carbocycles. The molecule has 0 aromatic heterocycles. The molecule has 9 nitrogen and oxygen atoms in total. The van der Waals surface area contributed by atoms with Crippen molar-refractivity contribution in [3.8, 4) is 11.5 Å². The van der Waals surface area contributed by atoms with E-state index >= 15 is 0 Å². The molecule has 0 bridgehead atoms. The van der Waals surface area contributed by atoms with Crippen LogP contribution < -0.4 is 14.8 Å². The SMILES string of the molecule is CC(C)(C)C1CCC(Oc2ccc3cc(C=O)ccc3c2)CC1.CC(C)(C)C1CCC(Oc2ccc3cc(CN4CCC(CC(=O)O)CC4)ccc3c2)CC1.O=C(O)CC1CCNCC1. The van der Waals surface area contributed by atoms with Crippen LogP contribution in [0, 0.1) is 34.5 Å². The van der Waals surface area contributed by atoms with Crippen LogP contribution in [0.2, 0.25) is 0 Å². The Labute approximate surface area is 389 Å². The molecule has 0 amide bonds. The smallest absolute Gasteiger partial charge is 0.303 e. The lowest BCUT2D eigenvalue weighted by Crippen LogP contribution is -2.33. The average molecular weight is 891 g/mol. The van der Waals surface area contributed by atoms with Gasteiger partial charge in [-0.15, -0.1) is 0 Å². The van der Waals surface area contributed by atoms with E-state index in [0.29, 0.717) is 53.3 Å². The van der Waals surface area contributed by atoms with Crippen molar-refractivity contribution in [3.05, 3.63) is 83.9 Å². The van der Waals surface area contributed by atoms with E-state index in [-0.39, 0.29) is 0 Å². The van der Waals surface area contributed by atoms with Gasteiger partial charge in [0, 0.05) is 24.9 Å². The van der Waals surface area contributed by atoms with Crippen molar-refractivity contribution in [2.24, 2.45) is 34.5 Å². The van der Waals surface area contributed by atoms with E-state index in [1.54, 1.807) is 0 Å². The van der Waals surface area contributed by atoms with Crippen LogP contribution in [0.5, 0.6) is 11.5 Å². The Hall–Kier alpha value is -4.47. The number of carboxylic acids is 2. The molecule has 0 spiro atoms. The molecule has 65 heavy (non-hydrogen) atoms. The van der Waals surface area contributed by atoms with Crippen molar-refractivity contribution < 1.29 is 34.1 Å². The highest BCUT2D eigenvalue weighted by molar-refractivity contribution is 5.89. The molecule has 2 heterocycles. The van der Waals surface area contributed by atoms with Gasteiger partial charge in [-0.1, -0.05) is 77.9 Å². The molecule has 2 aliphatic heterocycles. The van der Waals surface area contributed by atoms with E-state index in [4.69, 9.17) is 19.7 Å². The Morgan fingerprint density at radius 1 is 0.585 bits per heavy atom. The van der Waals surface area contributed by atoms with Gasteiger partial charge in [0.2, 0.25) is 0 Å². The van der Waals surface area contributed by atoms with E-state index in [2.05, 4.69) is 94.2 Å². The number of carboxylic acid groups (broad SMARTS) is 2. The summed E-state index contributed by atoms with van der Waals surface area (Å²) >= 11 is 0. The minimum absolute atomic E-state index is 0.312. The highest BCUT2D eigenvalue weighted by atomic mass is 16.5. The molecular weight excluding hydrogens is 813 g/mol. The molecule has 8 rings (SSSR count). The number of aldehydes is 1. The van der Waals surface area contributed by atoms with Crippen molar-refractivity contribution in [1.82, 2.24) is 10.2 Å². The quantitative estimate of drug-likeness (QED) is 0.126. The topological polar surface area (TPSA) is 125 Å². The summed E-state index contributed by atoms with van der Waals surface area (Å²) in [6.45, 7) is 19.0. The molecule has 0 radical (unpaired) electrons. The summed E-state index contributed by atoms with van der Waals surface area (Å²) in [5, 5.41) is 25.3. The standard InChI is InChI=1S/C28H39NO3.C21H26O2.C7H13NO2/c1-28(2,3)24-7-10-25(11-8-24)32-26-9-6-22-16-21(4-5-23(22)18-26)19-29-14-12-20(13-15-29)17-27(30)31;1-21(2,3)18-7-10-19(11-8-18)23-20-9-6-16-12-15(14-22)4-5-17(16)13-20;9-7(10)5-6-1-3-8-4-2-6/h4-6,9,16,18,20,24-25H,7-8,10-15,17,19H2,1-3H3,(H,30,31);4-6,9,12-14,18-19H,7-8,10-11H2,1-3H3;6,8H,1-5H2,(H,9,10). The summed E-state index contributed by atoms with van der Waals surface area (Å²) in [4.78, 5) is 34.5. The summed E-state index contributed by atoms with van der Waals surface area (Å²) in [6.07, 6.45) is 15.9. The minimum Gasteiger partial charge on any atom is -0.490 e. The number of likely N-dealkylation sites (tertiary alicyclic amines) is 1. The summed E-state index contributed by atoms with van der Waals surface area (Å²) in [7, 11) is 0. The van der Waals surface area contributed by atoms with E-state index in [1.165, 1.54) is 42.0 Å². The van der Waals surface area contributed by atoms with Crippen molar-refractivity contribution >= 4 is 39.8 Å². The van der Waals surface area contributed by atoms with E-state index in [0.717, 1.165) is 124 Å². The van der Waals surface area contributed by atoms with Gasteiger partial charge in [0.15, 0.2) is 0 Å². The van der Waals surface area contributed by atoms with E-state index < -0.39 is 11.9 Å². The lowest BCUT2D eigenvalue weighted by Gasteiger charge is -2.37. The lowest BCUT2D eigenvalue weighted by molar-refractivity contribution is -0.139. The number of ether oxygens (including phenoxy) is 2. The van der Waals surface area contributed by atoms with Crippen molar-refractivity contribution in [3.63, 3.8) is 0 Å². The second kappa shape index (κ2) is 23.3. The molecular formula is C56H78N2O7. The highest BCUT2D eigenvalue weighted by Crippen LogP contribution is 2.40. The minimum atomic E-state index is -0.668. The summed E-state index contributed by atoms with van der Waals surface area (Å²) in [5.41, 5.74) is 2.85. The van der Waals surface area contributed by atoms with Gasteiger partial charge in [0.1, 0.15) is 17.8 Å². The number of aliphatic carboxylic acids is 2. The number of fused-ring (bicyclic) bond motifs is 2.